The maximum absolute atomic E-state index is 13.2. The Morgan fingerprint density at radius 1 is 1.36 bits per heavy atom. The van der Waals surface area contributed by atoms with E-state index in [2.05, 4.69) is 6.92 Å². The fourth-order valence-corrected chi connectivity index (χ4v) is 3.93. The van der Waals surface area contributed by atoms with Crippen LogP contribution in [0.25, 0.3) is 0 Å². The van der Waals surface area contributed by atoms with Gasteiger partial charge in [-0.15, -0.1) is 0 Å². The normalized spacial score (nSPS) is 27.3. The van der Waals surface area contributed by atoms with Crippen molar-refractivity contribution in [3.63, 3.8) is 0 Å². The third-order valence-electron chi connectivity index (χ3n) is 5.65. The van der Waals surface area contributed by atoms with Crippen molar-refractivity contribution >= 4 is 17.5 Å². The Labute approximate surface area is 137 Å². The molecule has 1 aliphatic carbocycles. The highest BCUT2D eigenvalue weighted by Gasteiger charge is 2.48. The fraction of sp³-hybridized carbons (Fsp3) is 0.611. The van der Waals surface area contributed by atoms with E-state index >= 15 is 0 Å². The number of aliphatic hydroxyl groups excluding tert-OH is 1. The van der Waals surface area contributed by atoms with Crippen LogP contribution in [0.4, 0.5) is 0 Å². The zero-order valence-corrected chi connectivity index (χ0v) is 13.9. The lowest BCUT2D eigenvalue weighted by atomic mass is 9.63. The molecule has 2 aliphatic rings. The quantitative estimate of drug-likeness (QED) is 0.928. The van der Waals surface area contributed by atoms with Crippen LogP contribution in [0.15, 0.2) is 24.3 Å². The third-order valence-corrected chi connectivity index (χ3v) is 5.90. The standard InChI is InChI=1S/C18H24ClNO2/c1-13-7-10-20(11-14(13)12-21)17(22)18(8-2-9-18)15-3-5-16(19)6-4-15/h3-6,13-14,21H,2,7-12H2,1H3/t13-,14-/m0/s1. The van der Waals surface area contributed by atoms with Crippen molar-refractivity contribution in [2.24, 2.45) is 11.8 Å². The van der Waals surface area contributed by atoms with Crippen molar-refractivity contribution in [3.05, 3.63) is 34.9 Å². The first-order valence-electron chi connectivity index (χ1n) is 8.23. The number of carbonyl (C=O) groups is 1. The maximum Gasteiger partial charge on any atom is 0.233 e. The first kappa shape index (κ1) is 15.8. The van der Waals surface area contributed by atoms with Crippen LogP contribution < -0.4 is 0 Å². The maximum atomic E-state index is 13.2. The number of piperidine rings is 1. The highest BCUT2D eigenvalue weighted by atomic mass is 35.5. The Morgan fingerprint density at radius 3 is 2.59 bits per heavy atom. The minimum absolute atomic E-state index is 0.166. The SMILES string of the molecule is C[C@H]1CCN(C(=O)C2(c3ccc(Cl)cc3)CCC2)C[C@H]1CO. The topological polar surface area (TPSA) is 40.5 Å². The molecule has 0 bridgehead atoms. The molecule has 1 amide bonds. The van der Waals surface area contributed by atoms with Gasteiger partial charge < -0.3 is 10.0 Å². The summed E-state index contributed by atoms with van der Waals surface area (Å²) in [5.74, 6) is 0.938. The Kier molecular flexibility index (Phi) is 4.47. The van der Waals surface area contributed by atoms with Crippen LogP contribution in [-0.4, -0.2) is 35.6 Å². The highest BCUT2D eigenvalue weighted by molar-refractivity contribution is 6.30. The van der Waals surface area contributed by atoms with E-state index in [9.17, 15) is 9.90 Å². The molecule has 1 N–H and O–H groups in total. The summed E-state index contributed by atoms with van der Waals surface area (Å²) in [6, 6.07) is 7.74. The second-order valence-corrected chi connectivity index (χ2v) is 7.34. The van der Waals surface area contributed by atoms with Crippen molar-refractivity contribution in [3.8, 4) is 0 Å². The van der Waals surface area contributed by atoms with Gasteiger partial charge >= 0.3 is 0 Å². The van der Waals surface area contributed by atoms with Crippen molar-refractivity contribution < 1.29 is 9.90 Å². The minimum Gasteiger partial charge on any atom is -0.396 e. The molecule has 1 aromatic rings. The predicted octanol–water partition coefficient (Wildman–Crippen LogP) is 3.24. The zero-order valence-electron chi connectivity index (χ0n) is 13.1. The van der Waals surface area contributed by atoms with Crippen molar-refractivity contribution in [1.29, 1.82) is 0 Å². The number of carbonyl (C=O) groups excluding carboxylic acids is 1. The summed E-state index contributed by atoms with van der Waals surface area (Å²) in [5, 5.41) is 10.2. The largest absolute Gasteiger partial charge is 0.396 e. The van der Waals surface area contributed by atoms with Gasteiger partial charge in [0.1, 0.15) is 0 Å². The van der Waals surface area contributed by atoms with Crippen LogP contribution in [-0.2, 0) is 10.2 Å². The third kappa shape index (κ3) is 2.65. The summed E-state index contributed by atoms with van der Waals surface area (Å²) in [6.45, 7) is 3.83. The molecular weight excluding hydrogens is 298 g/mol. The van der Waals surface area contributed by atoms with E-state index in [1.54, 1.807) is 0 Å². The molecule has 1 saturated carbocycles. The smallest absolute Gasteiger partial charge is 0.233 e. The number of likely N-dealkylation sites (tertiary alicyclic amines) is 1. The number of benzene rings is 1. The predicted molar refractivity (Wildman–Crippen MR) is 87.9 cm³/mol. The van der Waals surface area contributed by atoms with Crippen LogP contribution in [0, 0.1) is 11.8 Å². The molecular formula is C18H24ClNO2. The number of nitrogens with zero attached hydrogens (tertiary/aromatic N) is 1. The van der Waals surface area contributed by atoms with E-state index < -0.39 is 0 Å². The lowest BCUT2D eigenvalue weighted by molar-refractivity contribution is -0.144. The van der Waals surface area contributed by atoms with E-state index in [1.165, 1.54) is 0 Å². The summed E-state index contributed by atoms with van der Waals surface area (Å²) >= 11 is 5.98. The van der Waals surface area contributed by atoms with E-state index in [0.29, 0.717) is 17.5 Å². The van der Waals surface area contributed by atoms with Gasteiger partial charge in [0.05, 0.1) is 5.41 Å². The van der Waals surface area contributed by atoms with Gasteiger partial charge in [-0.1, -0.05) is 37.1 Å². The summed E-state index contributed by atoms with van der Waals surface area (Å²) < 4.78 is 0. The second kappa shape index (κ2) is 6.21. The van der Waals surface area contributed by atoms with E-state index in [1.807, 2.05) is 29.2 Å². The number of rotatable bonds is 3. The van der Waals surface area contributed by atoms with E-state index in [0.717, 1.165) is 37.8 Å². The minimum atomic E-state index is -0.356. The summed E-state index contributed by atoms with van der Waals surface area (Å²) in [5.41, 5.74) is 0.734. The van der Waals surface area contributed by atoms with Crippen molar-refractivity contribution in [2.45, 2.75) is 38.0 Å². The van der Waals surface area contributed by atoms with Crippen molar-refractivity contribution in [1.82, 2.24) is 4.90 Å². The molecule has 1 aromatic carbocycles. The molecule has 22 heavy (non-hydrogen) atoms. The van der Waals surface area contributed by atoms with Gasteiger partial charge in [-0.25, -0.2) is 0 Å². The van der Waals surface area contributed by atoms with E-state index in [-0.39, 0.29) is 23.8 Å². The van der Waals surface area contributed by atoms with Gasteiger partial charge in [0.2, 0.25) is 5.91 Å². The molecule has 0 unspecified atom stereocenters. The van der Waals surface area contributed by atoms with Crippen LogP contribution in [0.2, 0.25) is 5.02 Å². The molecule has 4 heteroatoms. The van der Waals surface area contributed by atoms with Gasteiger partial charge in [0, 0.05) is 30.6 Å². The van der Waals surface area contributed by atoms with Gasteiger partial charge in [-0.2, -0.15) is 0 Å². The molecule has 0 radical (unpaired) electrons. The summed E-state index contributed by atoms with van der Waals surface area (Å²) in [6.07, 6.45) is 3.92. The summed E-state index contributed by atoms with van der Waals surface area (Å²) in [4.78, 5) is 15.1. The van der Waals surface area contributed by atoms with Gasteiger partial charge in [-0.3, -0.25) is 4.79 Å². The molecule has 1 saturated heterocycles. The Morgan fingerprint density at radius 2 is 2.05 bits per heavy atom. The molecule has 1 aliphatic heterocycles. The Bertz CT molecular complexity index is 539. The first-order chi connectivity index (χ1) is 10.6. The lowest BCUT2D eigenvalue weighted by Gasteiger charge is -2.46. The number of halogens is 1. The molecule has 3 rings (SSSR count). The molecule has 1 heterocycles. The van der Waals surface area contributed by atoms with Crippen LogP contribution in [0.5, 0.6) is 0 Å². The van der Waals surface area contributed by atoms with Crippen LogP contribution >= 0.6 is 11.6 Å². The highest BCUT2D eigenvalue weighted by Crippen LogP contribution is 2.46. The number of hydrogen-bond acceptors (Lipinski definition) is 2. The van der Waals surface area contributed by atoms with Gasteiger partial charge in [0.15, 0.2) is 0 Å². The average molecular weight is 322 g/mol. The number of amides is 1. The monoisotopic (exact) mass is 321 g/mol. The van der Waals surface area contributed by atoms with Crippen LogP contribution in [0.3, 0.4) is 0 Å². The second-order valence-electron chi connectivity index (χ2n) is 6.90. The molecule has 3 nitrogen and oxygen atoms in total. The molecule has 120 valence electrons. The summed E-state index contributed by atoms with van der Waals surface area (Å²) in [7, 11) is 0. The van der Waals surface area contributed by atoms with Crippen molar-refractivity contribution in [2.75, 3.05) is 19.7 Å². The first-order valence-corrected chi connectivity index (χ1v) is 8.61. The fourth-order valence-electron chi connectivity index (χ4n) is 3.80. The Hall–Kier alpha value is -1.06. The number of hydrogen-bond donors (Lipinski definition) is 1. The molecule has 2 atom stereocenters. The van der Waals surface area contributed by atoms with E-state index in [4.69, 9.17) is 11.6 Å². The molecule has 0 aromatic heterocycles. The van der Waals surface area contributed by atoms with Gasteiger partial charge in [0.25, 0.3) is 0 Å². The van der Waals surface area contributed by atoms with Crippen LogP contribution in [0.1, 0.15) is 38.2 Å². The Balaban J connectivity index is 1.81. The molecule has 0 spiro atoms. The zero-order chi connectivity index (χ0) is 15.7. The molecule has 2 fully saturated rings. The lowest BCUT2D eigenvalue weighted by Crippen LogP contribution is -2.54. The number of aliphatic hydroxyl groups is 1. The van der Waals surface area contributed by atoms with Gasteiger partial charge in [-0.05, 0) is 42.9 Å². The average Bonchev–Trinajstić information content (AvgIpc) is 2.48.